The van der Waals surface area contributed by atoms with E-state index in [4.69, 9.17) is 0 Å². The van der Waals surface area contributed by atoms with Crippen LogP contribution in [0.1, 0.15) is 22.5 Å². The van der Waals surface area contributed by atoms with Crippen LogP contribution in [-0.4, -0.2) is 82.4 Å². The fourth-order valence-electron chi connectivity index (χ4n) is 4.97. The van der Waals surface area contributed by atoms with Gasteiger partial charge in [-0.3, -0.25) is 14.8 Å². The van der Waals surface area contributed by atoms with E-state index < -0.39 is 6.10 Å². The van der Waals surface area contributed by atoms with E-state index in [0.717, 1.165) is 29.6 Å². The lowest BCUT2D eigenvalue weighted by atomic mass is 9.98. The average molecular weight is 438 g/mol. The number of anilines is 1. The number of halogens is 1. The number of hydrogen-bond donors (Lipinski definition) is 2. The third-order valence-electron chi connectivity index (χ3n) is 6.73. The summed E-state index contributed by atoms with van der Waals surface area (Å²) in [4.78, 5) is 19.2. The van der Waals surface area contributed by atoms with Crippen LogP contribution in [0.15, 0.2) is 42.5 Å². The number of aliphatic hydroxyl groups excluding tert-OH is 1. The molecule has 0 spiro atoms. The van der Waals surface area contributed by atoms with E-state index >= 15 is 0 Å². The molecule has 0 radical (unpaired) electrons. The predicted octanol–water partition coefficient (Wildman–Crippen LogP) is 2.41. The predicted molar refractivity (Wildman–Crippen MR) is 121 cm³/mol. The molecule has 168 valence electrons. The summed E-state index contributed by atoms with van der Waals surface area (Å²) in [6.07, 6.45) is 0.0770. The summed E-state index contributed by atoms with van der Waals surface area (Å²) >= 11 is 0. The maximum absolute atomic E-state index is 14.1. The molecule has 2 aliphatic heterocycles. The highest BCUT2D eigenvalue weighted by Crippen LogP contribution is 2.25. The van der Waals surface area contributed by atoms with Gasteiger partial charge in [0.2, 0.25) is 0 Å². The van der Waals surface area contributed by atoms with Crippen molar-refractivity contribution in [1.29, 1.82) is 0 Å². The number of hydrogen-bond acceptors (Lipinski definition) is 5. The first kappa shape index (κ1) is 20.9. The molecule has 7 nitrogen and oxygen atoms in total. The summed E-state index contributed by atoms with van der Waals surface area (Å²) in [6.45, 7) is 5.80. The van der Waals surface area contributed by atoms with Gasteiger partial charge in [-0.1, -0.05) is 23.8 Å². The number of aromatic amines is 1. The van der Waals surface area contributed by atoms with Crippen molar-refractivity contribution < 1.29 is 14.3 Å². The Bertz CT molecular complexity index is 1120. The highest BCUT2D eigenvalue weighted by atomic mass is 19.1. The van der Waals surface area contributed by atoms with Gasteiger partial charge in [0.25, 0.3) is 5.91 Å². The van der Waals surface area contributed by atoms with Crippen molar-refractivity contribution in [3.05, 3.63) is 59.5 Å². The lowest BCUT2D eigenvalue weighted by molar-refractivity contribution is -0.0108. The molecule has 2 aromatic carbocycles. The number of piperazine rings is 1. The number of nitrogens with zero attached hydrogens (tertiary/aromatic N) is 4. The van der Waals surface area contributed by atoms with Gasteiger partial charge in [0.15, 0.2) is 5.69 Å². The van der Waals surface area contributed by atoms with Crippen molar-refractivity contribution in [1.82, 2.24) is 20.0 Å². The smallest absolute Gasteiger partial charge is 0.275 e. The van der Waals surface area contributed by atoms with Crippen LogP contribution >= 0.6 is 0 Å². The van der Waals surface area contributed by atoms with Gasteiger partial charge in [0.1, 0.15) is 5.82 Å². The zero-order chi connectivity index (χ0) is 22.2. The number of β-amino-alcohol motifs (C(OH)–C–C–N with tert-alkyl or cyclic N) is 1. The first-order chi connectivity index (χ1) is 15.5. The number of rotatable bonds is 3. The summed E-state index contributed by atoms with van der Waals surface area (Å²) in [5, 5.41) is 18.9. The SMILES string of the molecule is Cc1ccc2[nH]nc(C(=O)N3CC[C@@H](N4CCN(c5ccccc5F)CC4)[C@H](O)C3)c2c1. The van der Waals surface area contributed by atoms with Crippen molar-refractivity contribution in [3.63, 3.8) is 0 Å². The number of nitrogens with one attached hydrogen (secondary N) is 1. The minimum atomic E-state index is -0.625. The molecule has 3 aromatic rings. The Hall–Kier alpha value is -2.97. The highest BCUT2D eigenvalue weighted by Gasteiger charge is 2.36. The Balaban J connectivity index is 1.22. The number of amides is 1. The van der Waals surface area contributed by atoms with E-state index in [-0.39, 0.29) is 24.3 Å². The Morgan fingerprint density at radius 1 is 1.12 bits per heavy atom. The van der Waals surface area contributed by atoms with Crippen LogP contribution in [0.25, 0.3) is 10.9 Å². The molecule has 5 rings (SSSR count). The first-order valence-corrected chi connectivity index (χ1v) is 11.2. The molecule has 32 heavy (non-hydrogen) atoms. The molecule has 8 heteroatoms. The molecule has 3 heterocycles. The van der Waals surface area contributed by atoms with Gasteiger partial charge in [-0.05, 0) is 37.6 Å². The van der Waals surface area contributed by atoms with Crippen LogP contribution in [0.3, 0.4) is 0 Å². The molecule has 2 N–H and O–H groups in total. The number of carbonyl (C=O) groups excluding carboxylic acids is 1. The van der Waals surface area contributed by atoms with Crippen LogP contribution in [0.2, 0.25) is 0 Å². The second kappa shape index (κ2) is 8.52. The van der Waals surface area contributed by atoms with Gasteiger partial charge in [-0.2, -0.15) is 5.10 Å². The zero-order valence-corrected chi connectivity index (χ0v) is 18.2. The van der Waals surface area contributed by atoms with E-state index in [2.05, 4.69) is 20.0 Å². The topological polar surface area (TPSA) is 75.7 Å². The number of piperidine rings is 1. The van der Waals surface area contributed by atoms with Crippen LogP contribution in [-0.2, 0) is 0 Å². The van der Waals surface area contributed by atoms with E-state index in [9.17, 15) is 14.3 Å². The second-order valence-electron chi connectivity index (χ2n) is 8.77. The molecule has 1 amide bonds. The highest BCUT2D eigenvalue weighted by molar-refractivity contribution is 6.04. The molecular formula is C24H28FN5O2. The molecule has 2 fully saturated rings. The number of aliphatic hydroxyl groups is 1. The Morgan fingerprint density at radius 2 is 1.91 bits per heavy atom. The fraction of sp³-hybridized carbons (Fsp3) is 0.417. The number of aromatic nitrogens is 2. The van der Waals surface area contributed by atoms with Crippen molar-refractivity contribution in [2.24, 2.45) is 0 Å². The summed E-state index contributed by atoms with van der Waals surface area (Å²) in [5.41, 5.74) is 2.95. The quantitative estimate of drug-likeness (QED) is 0.658. The maximum atomic E-state index is 14.1. The number of aryl methyl sites for hydroxylation is 1. The van der Waals surface area contributed by atoms with E-state index in [1.807, 2.05) is 37.3 Å². The standard InChI is InChI=1S/C24H28FN5O2/c1-16-6-7-19-17(14-16)23(27-26-19)24(32)30-9-8-21(22(31)15-30)29-12-10-28(11-13-29)20-5-3-2-4-18(20)25/h2-7,14,21-22,31H,8-13,15H2,1H3,(H,26,27)/t21-,22-/m1/s1. The van der Waals surface area contributed by atoms with Gasteiger partial charge in [-0.15, -0.1) is 0 Å². The largest absolute Gasteiger partial charge is 0.390 e. The minimum Gasteiger partial charge on any atom is -0.390 e. The Kier molecular flexibility index (Phi) is 5.57. The lowest BCUT2D eigenvalue weighted by Crippen LogP contribution is -2.59. The monoisotopic (exact) mass is 437 g/mol. The Labute approximate surface area is 186 Å². The fourth-order valence-corrected chi connectivity index (χ4v) is 4.97. The molecule has 2 aliphatic rings. The number of carbonyl (C=O) groups is 1. The van der Waals surface area contributed by atoms with E-state index in [1.165, 1.54) is 6.07 Å². The van der Waals surface area contributed by atoms with Gasteiger partial charge < -0.3 is 14.9 Å². The summed E-state index contributed by atoms with van der Waals surface area (Å²) in [6, 6.07) is 12.7. The molecule has 0 aliphatic carbocycles. The summed E-state index contributed by atoms with van der Waals surface area (Å²) < 4.78 is 14.1. The number of benzene rings is 2. The third kappa shape index (κ3) is 3.84. The van der Waals surface area contributed by atoms with E-state index in [0.29, 0.717) is 37.4 Å². The average Bonchev–Trinajstić information content (AvgIpc) is 3.22. The molecule has 2 atom stereocenters. The van der Waals surface area contributed by atoms with Gasteiger partial charge >= 0.3 is 0 Å². The van der Waals surface area contributed by atoms with Crippen LogP contribution < -0.4 is 4.90 Å². The molecular weight excluding hydrogens is 409 g/mol. The van der Waals surface area contributed by atoms with Crippen molar-refractivity contribution in [2.75, 3.05) is 44.2 Å². The van der Waals surface area contributed by atoms with Crippen LogP contribution in [0.5, 0.6) is 0 Å². The lowest BCUT2D eigenvalue weighted by Gasteiger charge is -2.45. The number of likely N-dealkylation sites (tertiary alicyclic amines) is 1. The van der Waals surface area contributed by atoms with Gasteiger partial charge in [-0.25, -0.2) is 4.39 Å². The summed E-state index contributed by atoms with van der Waals surface area (Å²) in [5.74, 6) is -0.349. The molecule has 1 aromatic heterocycles. The maximum Gasteiger partial charge on any atom is 0.275 e. The van der Waals surface area contributed by atoms with Crippen LogP contribution in [0, 0.1) is 12.7 Å². The zero-order valence-electron chi connectivity index (χ0n) is 18.2. The molecule has 2 saturated heterocycles. The first-order valence-electron chi connectivity index (χ1n) is 11.2. The third-order valence-corrected chi connectivity index (χ3v) is 6.73. The normalized spacial score (nSPS) is 22.5. The molecule has 0 saturated carbocycles. The van der Waals surface area contributed by atoms with Crippen molar-refractivity contribution >= 4 is 22.5 Å². The van der Waals surface area contributed by atoms with Gasteiger partial charge in [0.05, 0.1) is 17.3 Å². The second-order valence-corrected chi connectivity index (χ2v) is 8.77. The van der Waals surface area contributed by atoms with Crippen molar-refractivity contribution in [3.8, 4) is 0 Å². The molecule has 0 unspecified atom stereocenters. The Morgan fingerprint density at radius 3 is 2.66 bits per heavy atom. The molecule has 0 bridgehead atoms. The van der Waals surface area contributed by atoms with Crippen molar-refractivity contribution in [2.45, 2.75) is 25.5 Å². The van der Waals surface area contributed by atoms with Gasteiger partial charge in [0, 0.05) is 50.7 Å². The summed E-state index contributed by atoms with van der Waals surface area (Å²) in [7, 11) is 0. The number of fused-ring (bicyclic) bond motifs is 1. The number of para-hydroxylation sites is 1. The van der Waals surface area contributed by atoms with Crippen LogP contribution in [0.4, 0.5) is 10.1 Å². The number of H-pyrrole nitrogens is 1. The minimum absolute atomic E-state index is 0.00000664. The van der Waals surface area contributed by atoms with E-state index in [1.54, 1.807) is 11.0 Å².